The summed E-state index contributed by atoms with van der Waals surface area (Å²) in [5, 5.41) is 5.33. The zero-order valence-corrected chi connectivity index (χ0v) is 60.2. The number of rotatable bonds is 0. The summed E-state index contributed by atoms with van der Waals surface area (Å²) in [7, 11) is 0. The molecule has 0 nitrogen and oxygen atoms in total. The average molecular weight is 1260 g/mol. The molecular formula is C96H108. The minimum atomic E-state index is -0.189. The van der Waals surface area contributed by atoms with Crippen LogP contribution in [0.5, 0.6) is 0 Å². The highest BCUT2D eigenvalue weighted by atomic mass is 14.5. The summed E-state index contributed by atoms with van der Waals surface area (Å²) in [6.07, 6.45) is 1.25. The van der Waals surface area contributed by atoms with E-state index in [9.17, 15) is 0 Å². The molecule has 0 atom stereocenters. The standard InChI is InChI=1S/C26H18.C16H16.2C11H10.3C7H8.C5H12.C3H8.C2H6.CH4/c1-17-14-15-21-20-10-4-7-13-24(20)26(25(21)16-17)22-11-5-2-8-18(22)19-9-3-6-12-23(19)26;1-11-8-9-13-12-6-4-5-7-14(12)16(2,3)15(13)10-11;1-9-5-4-7-10-6-2-3-8-11(9)10;1-9-6-7-10-4-2-3-5-11(10)8-9;3*1-7-5-3-2-4-6-7;1-5(2,3)4;1-3-2;1-2;/h2-16H,1H3;4-10H,1-3H3;2*2-8H,1H3;3*2-6H,1H3;1-4H3;3H2,1-2H3;1-2H3;1H4. The maximum absolute atomic E-state index is 2.40. The van der Waals surface area contributed by atoms with E-state index in [1.165, 1.54) is 134 Å². The molecule has 0 heteroatoms. The van der Waals surface area contributed by atoms with Gasteiger partial charge in [0, 0.05) is 5.41 Å². The first-order valence-corrected chi connectivity index (χ1v) is 34.3. The van der Waals surface area contributed by atoms with Crippen molar-refractivity contribution in [3.05, 3.63) is 382 Å². The lowest BCUT2D eigenvalue weighted by Crippen LogP contribution is -2.25. The van der Waals surface area contributed by atoms with Crippen LogP contribution in [0.1, 0.15) is 155 Å². The van der Waals surface area contributed by atoms with Crippen LogP contribution in [-0.4, -0.2) is 0 Å². The van der Waals surface area contributed by atoms with Crippen LogP contribution < -0.4 is 0 Å². The summed E-state index contributed by atoms with van der Waals surface area (Å²) in [6, 6.07) is 110. The molecule has 492 valence electrons. The lowest BCUT2D eigenvalue weighted by atomic mass is 9.70. The van der Waals surface area contributed by atoms with Crippen LogP contribution in [0.15, 0.2) is 309 Å². The van der Waals surface area contributed by atoms with Gasteiger partial charge in [-0.2, -0.15) is 0 Å². The Morgan fingerprint density at radius 2 is 0.552 bits per heavy atom. The van der Waals surface area contributed by atoms with E-state index in [0.29, 0.717) is 5.41 Å². The molecule has 0 heterocycles. The van der Waals surface area contributed by atoms with Crippen molar-refractivity contribution < 1.29 is 0 Å². The van der Waals surface area contributed by atoms with Gasteiger partial charge in [0.05, 0.1) is 5.41 Å². The van der Waals surface area contributed by atoms with Crippen LogP contribution in [0.4, 0.5) is 0 Å². The second kappa shape index (κ2) is 36.3. The van der Waals surface area contributed by atoms with Gasteiger partial charge < -0.3 is 0 Å². The van der Waals surface area contributed by atoms with E-state index in [2.05, 4.69) is 359 Å². The molecule has 0 fully saturated rings. The third kappa shape index (κ3) is 19.5. The van der Waals surface area contributed by atoms with Crippen LogP contribution in [0.2, 0.25) is 0 Å². The van der Waals surface area contributed by atoms with Crippen LogP contribution in [0.3, 0.4) is 0 Å². The van der Waals surface area contributed by atoms with Crippen LogP contribution in [0.25, 0.3) is 54.9 Å². The molecule has 0 saturated heterocycles. The normalized spacial score (nSPS) is 11.7. The maximum atomic E-state index is 2.40. The number of benzene rings is 13. The fourth-order valence-electron chi connectivity index (χ4n) is 12.3. The molecule has 96 heavy (non-hydrogen) atoms. The largest absolute Gasteiger partial charge is 0.0776 e. The molecule has 0 aliphatic heterocycles. The van der Waals surface area contributed by atoms with Gasteiger partial charge in [-0.1, -0.05) is 426 Å². The van der Waals surface area contributed by atoms with Crippen molar-refractivity contribution in [2.75, 3.05) is 0 Å². The number of fused-ring (bicyclic) bond motifs is 15. The van der Waals surface area contributed by atoms with Gasteiger partial charge >= 0.3 is 0 Å². The smallest absolute Gasteiger partial charge is 0.0725 e. The predicted molar refractivity (Wildman–Crippen MR) is 426 cm³/mol. The Bertz CT molecular complexity index is 4290. The minimum Gasteiger partial charge on any atom is -0.0776 e. The highest BCUT2D eigenvalue weighted by Gasteiger charge is 2.51. The highest BCUT2D eigenvalue weighted by molar-refractivity contribution is 5.95. The Hall–Kier alpha value is -9.62. The molecule has 3 aliphatic rings. The molecule has 0 aromatic heterocycles. The summed E-state index contributed by atoms with van der Waals surface area (Å²) < 4.78 is 0. The van der Waals surface area contributed by atoms with E-state index in [1.807, 2.05) is 68.4 Å². The van der Waals surface area contributed by atoms with Gasteiger partial charge in [0.2, 0.25) is 0 Å². The highest BCUT2D eigenvalue weighted by Crippen LogP contribution is 2.62. The van der Waals surface area contributed by atoms with Crippen molar-refractivity contribution in [2.45, 2.75) is 142 Å². The predicted octanol–water partition coefficient (Wildman–Crippen LogP) is 28.1. The van der Waals surface area contributed by atoms with Crippen molar-refractivity contribution >= 4 is 21.5 Å². The molecule has 16 rings (SSSR count). The van der Waals surface area contributed by atoms with Gasteiger partial charge in [0.25, 0.3) is 0 Å². The molecule has 13 aromatic rings. The average Bonchev–Trinajstić information content (AvgIpc) is 1.67. The third-order valence-corrected chi connectivity index (χ3v) is 16.6. The molecule has 3 aliphatic carbocycles. The first-order valence-electron chi connectivity index (χ1n) is 34.3. The van der Waals surface area contributed by atoms with E-state index in [0.717, 1.165) is 0 Å². The Balaban J connectivity index is 0.000000182. The second-order valence-corrected chi connectivity index (χ2v) is 27.0. The summed E-state index contributed by atoms with van der Waals surface area (Å²) in [4.78, 5) is 0. The van der Waals surface area contributed by atoms with E-state index < -0.39 is 0 Å². The van der Waals surface area contributed by atoms with Gasteiger partial charge in [-0.05, 0) is 148 Å². The Morgan fingerprint density at radius 1 is 0.260 bits per heavy atom. The van der Waals surface area contributed by atoms with Gasteiger partial charge in [0.15, 0.2) is 0 Å². The monoisotopic (exact) mass is 1260 g/mol. The second-order valence-electron chi connectivity index (χ2n) is 27.0. The summed E-state index contributed by atoms with van der Waals surface area (Å²) in [6.45, 7) is 36.5. The Morgan fingerprint density at radius 3 is 0.958 bits per heavy atom. The zero-order valence-electron chi connectivity index (χ0n) is 60.2. The van der Waals surface area contributed by atoms with Crippen LogP contribution in [-0.2, 0) is 10.8 Å². The first kappa shape index (κ1) is 75.4. The fraction of sp³-hybridized carbons (Fsp3) is 0.229. The molecule has 0 radical (unpaired) electrons. The number of hydrogen-bond donors (Lipinski definition) is 0. The first-order chi connectivity index (χ1) is 45.8. The lowest BCUT2D eigenvalue weighted by molar-refractivity contribution is 0.469. The van der Waals surface area contributed by atoms with Crippen molar-refractivity contribution in [3.8, 4) is 33.4 Å². The van der Waals surface area contributed by atoms with Crippen molar-refractivity contribution in [1.29, 1.82) is 0 Å². The fourth-order valence-corrected chi connectivity index (χ4v) is 12.3. The van der Waals surface area contributed by atoms with Gasteiger partial charge in [-0.15, -0.1) is 0 Å². The third-order valence-electron chi connectivity index (χ3n) is 16.6. The minimum absolute atomic E-state index is 0. The van der Waals surface area contributed by atoms with Crippen molar-refractivity contribution in [3.63, 3.8) is 0 Å². The Kier molecular flexibility index (Phi) is 28.5. The van der Waals surface area contributed by atoms with Gasteiger partial charge in [-0.25, -0.2) is 0 Å². The molecule has 1 spiro atoms. The van der Waals surface area contributed by atoms with Gasteiger partial charge in [0.1, 0.15) is 0 Å². The quantitative estimate of drug-likeness (QED) is 0.142. The van der Waals surface area contributed by atoms with Crippen LogP contribution in [0, 0.1) is 53.9 Å². The number of aryl methyl sites for hydroxylation is 7. The molecule has 0 saturated carbocycles. The Labute approximate surface area is 580 Å². The van der Waals surface area contributed by atoms with E-state index in [4.69, 9.17) is 0 Å². The van der Waals surface area contributed by atoms with Gasteiger partial charge in [-0.3, -0.25) is 0 Å². The SMILES string of the molecule is C.CC.CC(C)(C)C.CCC.Cc1ccc2c(c1)C(C)(C)c1ccccc1-2.Cc1ccc2c(c1)C1(c3ccccc3-c3ccccc31)c1ccccc1-2.Cc1ccc2ccccc2c1.Cc1cccc2ccccc12.Cc1ccccc1.Cc1ccccc1.Cc1ccccc1. The maximum Gasteiger partial charge on any atom is 0.0725 e. The topological polar surface area (TPSA) is 0 Å². The molecule has 0 bridgehead atoms. The number of hydrogen-bond acceptors (Lipinski definition) is 0. The zero-order chi connectivity index (χ0) is 68.5. The molecule has 13 aromatic carbocycles. The van der Waals surface area contributed by atoms with E-state index in [-0.39, 0.29) is 18.3 Å². The summed E-state index contributed by atoms with van der Waals surface area (Å²) in [5.74, 6) is 0. The summed E-state index contributed by atoms with van der Waals surface area (Å²) in [5.41, 5.74) is 26.6. The van der Waals surface area contributed by atoms with E-state index in [1.54, 1.807) is 0 Å². The van der Waals surface area contributed by atoms with Crippen LogP contribution >= 0.6 is 0 Å². The van der Waals surface area contributed by atoms with Crippen molar-refractivity contribution in [1.82, 2.24) is 0 Å². The van der Waals surface area contributed by atoms with Crippen molar-refractivity contribution in [2.24, 2.45) is 5.41 Å². The summed E-state index contributed by atoms with van der Waals surface area (Å²) >= 11 is 0. The molecular weight excluding hydrogens is 1150 g/mol. The molecule has 0 unspecified atom stereocenters. The van der Waals surface area contributed by atoms with E-state index >= 15 is 0 Å². The lowest BCUT2D eigenvalue weighted by Gasteiger charge is -2.30. The molecule has 0 N–H and O–H groups in total. The molecule has 0 amide bonds.